The van der Waals surface area contributed by atoms with E-state index < -0.39 is 0 Å². The molecule has 0 radical (unpaired) electrons. The molecule has 2 aromatic carbocycles. The molecule has 3 nitrogen and oxygen atoms in total. The number of hydrogen-bond acceptors (Lipinski definition) is 2. The lowest BCUT2D eigenvalue weighted by Gasteiger charge is -2.35. The van der Waals surface area contributed by atoms with Gasteiger partial charge >= 0.3 is 0 Å². The summed E-state index contributed by atoms with van der Waals surface area (Å²) in [6.45, 7) is 11.7. The van der Waals surface area contributed by atoms with Gasteiger partial charge in [0.15, 0.2) is 0 Å². The molecule has 2 N–H and O–H groups in total. The number of benzene rings is 2. The highest BCUT2D eigenvalue weighted by Crippen LogP contribution is 2.29. The van der Waals surface area contributed by atoms with Crippen molar-refractivity contribution in [2.24, 2.45) is 5.92 Å². The molecule has 0 bridgehead atoms. The van der Waals surface area contributed by atoms with Crippen LogP contribution in [-0.2, 0) is 6.42 Å². The van der Waals surface area contributed by atoms with Gasteiger partial charge in [0.05, 0.1) is 0 Å². The zero-order chi connectivity index (χ0) is 20.2. The summed E-state index contributed by atoms with van der Waals surface area (Å²) in [4.78, 5) is 5.82. The van der Waals surface area contributed by atoms with Crippen molar-refractivity contribution < 1.29 is 0 Å². The van der Waals surface area contributed by atoms with E-state index >= 15 is 0 Å². The number of rotatable bonds is 7. The second-order valence-electron chi connectivity index (χ2n) is 8.03. The Labute approximate surface area is 174 Å². The maximum atomic E-state index is 4.45. The third-order valence-corrected chi connectivity index (χ3v) is 6.03. The van der Waals surface area contributed by atoms with E-state index in [0.29, 0.717) is 12.0 Å². The van der Waals surface area contributed by atoms with Crippen molar-refractivity contribution in [1.82, 2.24) is 15.2 Å². The quantitative estimate of drug-likeness (QED) is 0.536. The first-order chi connectivity index (χ1) is 14.2. The van der Waals surface area contributed by atoms with Gasteiger partial charge in [0.2, 0.25) is 0 Å². The Morgan fingerprint density at radius 3 is 2.72 bits per heavy atom. The van der Waals surface area contributed by atoms with Crippen LogP contribution in [0.4, 0.5) is 0 Å². The molecule has 2 heterocycles. The predicted octanol–water partition coefficient (Wildman–Crippen LogP) is 5.37. The highest BCUT2D eigenvalue weighted by atomic mass is 15.1. The zero-order valence-corrected chi connectivity index (χ0v) is 17.5. The van der Waals surface area contributed by atoms with Crippen LogP contribution < -0.4 is 5.32 Å². The summed E-state index contributed by atoms with van der Waals surface area (Å²) in [5.74, 6) is 0.422. The molecule has 1 aliphatic heterocycles. The van der Waals surface area contributed by atoms with Gasteiger partial charge in [0.25, 0.3) is 0 Å². The Hall–Kier alpha value is -2.78. The summed E-state index contributed by atoms with van der Waals surface area (Å²) in [7, 11) is 0. The van der Waals surface area contributed by atoms with Gasteiger partial charge in [-0.1, -0.05) is 66.8 Å². The smallest absolute Gasteiger partial charge is 0.0456 e. The fraction of sp³-hybridized carbons (Fsp3) is 0.308. The summed E-state index contributed by atoms with van der Waals surface area (Å²) < 4.78 is 0. The topological polar surface area (TPSA) is 31.1 Å². The van der Waals surface area contributed by atoms with E-state index in [-0.39, 0.29) is 0 Å². The maximum absolute atomic E-state index is 4.45. The largest absolute Gasteiger partial charge is 0.375 e. The SMILES string of the molecule is C=C(Cc1c[nH]c2ccccc12)N(CC)CC1C=CCNC1c1ccc(C)cc1. The minimum Gasteiger partial charge on any atom is -0.375 e. The molecule has 29 heavy (non-hydrogen) atoms. The Balaban J connectivity index is 1.49. The molecule has 0 amide bonds. The number of H-pyrrole nitrogens is 1. The third kappa shape index (κ3) is 4.30. The molecule has 1 aliphatic rings. The molecule has 4 rings (SSSR count). The lowest BCUT2D eigenvalue weighted by Crippen LogP contribution is -2.38. The molecule has 150 valence electrons. The number of aromatic amines is 1. The lowest BCUT2D eigenvalue weighted by atomic mass is 9.89. The number of aromatic nitrogens is 1. The van der Waals surface area contributed by atoms with Crippen molar-refractivity contribution in [3.05, 3.63) is 95.8 Å². The van der Waals surface area contributed by atoms with Crippen LogP contribution in [0.15, 0.2) is 79.2 Å². The first-order valence-corrected chi connectivity index (χ1v) is 10.6. The fourth-order valence-electron chi connectivity index (χ4n) is 4.35. The second kappa shape index (κ2) is 8.71. The first-order valence-electron chi connectivity index (χ1n) is 10.6. The highest BCUT2D eigenvalue weighted by Gasteiger charge is 2.25. The van der Waals surface area contributed by atoms with Gasteiger partial charge in [0.1, 0.15) is 0 Å². The van der Waals surface area contributed by atoms with Gasteiger partial charge in [-0.15, -0.1) is 0 Å². The van der Waals surface area contributed by atoms with Crippen molar-refractivity contribution in [2.45, 2.75) is 26.3 Å². The second-order valence-corrected chi connectivity index (χ2v) is 8.03. The molecule has 0 saturated heterocycles. The first kappa shape index (κ1) is 19.5. The van der Waals surface area contributed by atoms with Crippen LogP contribution in [0.25, 0.3) is 10.9 Å². The fourth-order valence-corrected chi connectivity index (χ4v) is 4.35. The Bertz CT molecular complexity index is 996. The van der Waals surface area contributed by atoms with Crippen molar-refractivity contribution in [2.75, 3.05) is 19.6 Å². The molecule has 3 aromatic rings. The summed E-state index contributed by atoms with van der Waals surface area (Å²) in [6, 6.07) is 17.8. The van der Waals surface area contributed by atoms with Crippen LogP contribution in [0.1, 0.15) is 29.7 Å². The molecule has 0 fully saturated rings. The number of likely N-dealkylation sites (N-methyl/N-ethyl adjacent to an activating group) is 1. The Kier molecular flexibility index (Phi) is 5.86. The van der Waals surface area contributed by atoms with E-state index in [4.69, 9.17) is 0 Å². The standard InChI is InChI=1S/C26H31N3/c1-4-29(20(3)16-23-17-28-25-10-6-5-9-24(23)25)18-22-8-7-15-27-26(22)21-13-11-19(2)12-14-21/h5-14,17,22,26-28H,3-4,15-16,18H2,1-2H3. The monoisotopic (exact) mass is 385 g/mol. The minimum atomic E-state index is 0.343. The predicted molar refractivity (Wildman–Crippen MR) is 123 cm³/mol. The summed E-state index contributed by atoms with van der Waals surface area (Å²) in [6.07, 6.45) is 7.63. The van der Waals surface area contributed by atoms with E-state index in [1.165, 1.54) is 33.3 Å². The number of hydrogen-bond donors (Lipinski definition) is 2. The van der Waals surface area contributed by atoms with Crippen LogP contribution in [0, 0.1) is 12.8 Å². The molecular weight excluding hydrogens is 354 g/mol. The molecule has 2 atom stereocenters. The molecule has 0 saturated carbocycles. The van der Waals surface area contributed by atoms with Crippen molar-refractivity contribution in [3.63, 3.8) is 0 Å². The van der Waals surface area contributed by atoms with Gasteiger partial charge in [0, 0.05) is 60.8 Å². The van der Waals surface area contributed by atoms with E-state index in [2.05, 4.69) is 103 Å². The number of para-hydroxylation sites is 1. The van der Waals surface area contributed by atoms with Crippen LogP contribution in [-0.4, -0.2) is 29.5 Å². The normalized spacial score (nSPS) is 18.8. The third-order valence-electron chi connectivity index (χ3n) is 6.03. The average Bonchev–Trinajstić information content (AvgIpc) is 3.16. The molecule has 0 aliphatic carbocycles. The molecule has 0 spiro atoms. The number of allylic oxidation sites excluding steroid dienone is 1. The van der Waals surface area contributed by atoms with Crippen molar-refractivity contribution in [3.8, 4) is 0 Å². The van der Waals surface area contributed by atoms with Crippen LogP contribution in [0.5, 0.6) is 0 Å². The Morgan fingerprint density at radius 2 is 1.93 bits per heavy atom. The van der Waals surface area contributed by atoms with E-state index in [9.17, 15) is 0 Å². The molecule has 3 heteroatoms. The summed E-state index contributed by atoms with van der Waals surface area (Å²) in [5, 5.41) is 4.99. The van der Waals surface area contributed by atoms with Crippen LogP contribution in [0.2, 0.25) is 0 Å². The molecular formula is C26H31N3. The van der Waals surface area contributed by atoms with Gasteiger partial charge < -0.3 is 15.2 Å². The Morgan fingerprint density at radius 1 is 1.14 bits per heavy atom. The lowest BCUT2D eigenvalue weighted by molar-refractivity contribution is 0.275. The number of nitrogens with zero attached hydrogens (tertiary/aromatic N) is 1. The number of nitrogens with one attached hydrogen (secondary N) is 2. The van der Waals surface area contributed by atoms with Crippen molar-refractivity contribution in [1.29, 1.82) is 0 Å². The minimum absolute atomic E-state index is 0.343. The average molecular weight is 386 g/mol. The molecule has 1 aromatic heterocycles. The molecule has 2 unspecified atom stereocenters. The van der Waals surface area contributed by atoms with Crippen molar-refractivity contribution >= 4 is 10.9 Å². The van der Waals surface area contributed by atoms with Gasteiger partial charge in [-0.2, -0.15) is 0 Å². The van der Waals surface area contributed by atoms with Crippen LogP contribution in [0.3, 0.4) is 0 Å². The maximum Gasteiger partial charge on any atom is 0.0456 e. The zero-order valence-electron chi connectivity index (χ0n) is 17.5. The highest BCUT2D eigenvalue weighted by molar-refractivity contribution is 5.83. The van der Waals surface area contributed by atoms with Crippen LogP contribution >= 0.6 is 0 Å². The van der Waals surface area contributed by atoms with Gasteiger partial charge in [-0.3, -0.25) is 0 Å². The number of aryl methyl sites for hydroxylation is 1. The van der Waals surface area contributed by atoms with E-state index in [0.717, 1.165) is 26.1 Å². The van der Waals surface area contributed by atoms with Gasteiger partial charge in [-0.05, 0) is 31.0 Å². The van der Waals surface area contributed by atoms with E-state index in [1.807, 2.05) is 0 Å². The summed E-state index contributed by atoms with van der Waals surface area (Å²) in [5.41, 5.74) is 6.36. The van der Waals surface area contributed by atoms with Gasteiger partial charge in [-0.25, -0.2) is 0 Å². The van der Waals surface area contributed by atoms with E-state index in [1.54, 1.807) is 0 Å². The number of fused-ring (bicyclic) bond motifs is 1. The summed E-state index contributed by atoms with van der Waals surface area (Å²) >= 11 is 0.